The second kappa shape index (κ2) is 4.95. The average Bonchev–Trinajstić information content (AvgIpc) is 2.59. The third kappa shape index (κ3) is 2.43. The first-order valence-electron chi connectivity index (χ1n) is 6.20. The zero-order valence-electron chi connectivity index (χ0n) is 10.4. The Morgan fingerprint density at radius 1 is 1.44 bits per heavy atom. The molecule has 4 nitrogen and oxygen atoms in total. The largest absolute Gasteiger partial charge is 0.339 e. The fourth-order valence-electron chi connectivity index (χ4n) is 2.04. The van der Waals surface area contributed by atoms with Crippen LogP contribution in [0.25, 0.3) is 0 Å². The van der Waals surface area contributed by atoms with Crippen LogP contribution in [0.5, 0.6) is 0 Å². The van der Waals surface area contributed by atoms with Crippen LogP contribution in [0.15, 0.2) is 4.52 Å². The molecule has 0 aliphatic heterocycles. The number of hydrogen-bond donors (Lipinski definition) is 1. The van der Waals surface area contributed by atoms with E-state index in [4.69, 9.17) is 4.52 Å². The number of nitrogens with zero attached hydrogens (tertiary/aromatic N) is 2. The normalized spacial score (nSPS) is 18.8. The molecule has 0 saturated heterocycles. The molecule has 0 amide bonds. The molecule has 2 rings (SSSR count). The molecule has 1 aromatic rings. The summed E-state index contributed by atoms with van der Waals surface area (Å²) in [5.74, 6) is 2.82. The highest BCUT2D eigenvalue weighted by Gasteiger charge is 2.25. The van der Waals surface area contributed by atoms with Gasteiger partial charge in [-0.2, -0.15) is 4.98 Å². The van der Waals surface area contributed by atoms with Crippen molar-refractivity contribution in [3.8, 4) is 0 Å². The molecule has 1 aromatic heterocycles. The molecule has 1 unspecified atom stereocenters. The summed E-state index contributed by atoms with van der Waals surface area (Å²) in [6.45, 7) is 4.40. The van der Waals surface area contributed by atoms with Crippen molar-refractivity contribution in [2.45, 2.75) is 51.5 Å². The maximum absolute atomic E-state index is 5.30. The van der Waals surface area contributed by atoms with Gasteiger partial charge in [-0.05, 0) is 25.8 Å². The van der Waals surface area contributed by atoms with E-state index < -0.39 is 0 Å². The van der Waals surface area contributed by atoms with Gasteiger partial charge in [0.25, 0.3) is 0 Å². The second-order valence-electron chi connectivity index (χ2n) is 5.02. The van der Waals surface area contributed by atoms with Gasteiger partial charge in [-0.1, -0.05) is 25.4 Å². The van der Waals surface area contributed by atoms with Crippen molar-refractivity contribution in [1.82, 2.24) is 15.5 Å². The Labute approximate surface area is 96.8 Å². The van der Waals surface area contributed by atoms with E-state index in [1.807, 2.05) is 7.05 Å². The van der Waals surface area contributed by atoms with Crippen molar-refractivity contribution in [3.63, 3.8) is 0 Å². The third-order valence-electron chi connectivity index (χ3n) is 3.52. The average molecular weight is 223 g/mol. The van der Waals surface area contributed by atoms with Crippen LogP contribution in [0.1, 0.15) is 50.7 Å². The molecule has 1 atom stereocenters. The Bertz CT molecular complexity index is 331. The van der Waals surface area contributed by atoms with Gasteiger partial charge >= 0.3 is 0 Å². The van der Waals surface area contributed by atoms with Gasteiger partial charge in [0.2, 0.25) is 5.89 Å². The van der Waals surface area contributed by atoms with Crippen LogP contribution in [0.2, 0.25) is 0 Å². The van der Waals surface area contributed by atoms with Crippen molar-refractivity contribution in [3.05, 3.63) is 11.7 Å². The van der Waals surface area contributed by atoms with Gasteiger partial charge in [-0.15, -0.1) is 0 Å². The van der Waals surface area contributed by atoms with Crippen molar-refractivity contribution in [2.75, 3.05) is 7.05 Å². The zero-order valence-corrected chi connectivity index (χ0v) is 10.4. The van der Waals surface area contributed by atoms with E-state index in [9.17, 15) is 0 Å². The molecule has 0 aromatic carbocycles. The van der Waals surface area contributed by atoms with Gasteiger partial charge in [0.05, 0.1) is 0 Å². The lowest BCUT2D eigenvalue weighted by Gasteiger charge is -2.21. The van der Waals surface area contributed by atoms with E-state index >= 15 is 0 Å². The molecule has 4 heteroatoms. The molecule has 1 saturated carbocycles. The SMILES string of the molecule is CNC(Cc1nc(C2CCC2)no1)C(C)C. The maximum Gasteiger partial charge on any atom is 0.228 e. The Morgan fingerprint density at radius 2 is 2.19 bits per heavy atom. The molecule has 1 heterocycles. The number of hydrogen-bond acceptors (Lipinski definition) is 4. The van der Waals surface area contributed by atoms with Crippen molar-refractivity contribution < 1.29 is 4.52 Å². The molecule has 0 spiro atoms. The Balaban J connectivity index is 1.95. The molecule has 1 fully saturated rings. The van der Waals surface area contributed by atoms with E-state index in [0.717, 1.165) is 18.1 Å². The van der Waals surface area contributed by atoms with E-state index in [2.05, 4.69) is 29.3 Å². The number of aromatic nitrogens is 2. The van der Waals surface area contributed by atoms with Crippen molar-refractivity contribution >= 4 is 0 Å². The lowest BCUT2D eigenvalue weighted by atomic mass is 9.85. The van der Waals surface area contributed by atoms with Gasteiger partial charge in [0.15, 0.2) is 5.82 Å². The lowest BCUT2D eigenvalue weighted by Crippen LogP contribution is -2.32. The van der Waals surface area contributed by atoms with Gasteiger partial charge in [-0.3, -0.25) is 0 Å². The van der Waals surface area contributed by atoms with E-state index in [1.54, 1.807) is 0 Å². The minimum atomic E-state index is 0.412. The van der Waals surface area contributed by atoms with Crippen LogP contribution in [-0.4, -0.2) is 23.2 Å². The summed E-state index contributed by atoms with van der Waals surface area (Å²) in [7, 11) is 1.98. The second-order valence-corrected chi connectivity index (χ2v) is 5.02. The number of nitrogens with one attached hydrogen (secondary N) is 1. The number of rotatable bonds is 5. The lowest BCUT2D eigenvalue weighted by molar-refractivity contribution is 0.324. The molecule has 90 valence electrons. The number of likely N-dealkylation sites (N-methyl/N-ethyl adjacent to an activating group) is 1. The first kappa shape index (κ1) is 11.6. The summed E-state index contributed by atoms with van der Waals surface area (Å²) in [6, 6.07) is 0.412. The summed E-state index contributed by atoms with van der Waals surface area (Å²) in [6.07, 6.45) is 4.57. The van der Waals surface area contributed by atoms with Crippen LogP contribution in [-0.2, 0) is 6.42 Å². The molecular weight excluding hydrogens is 202 g/mol. The Morgan fingerprint density at radius 3 is 2.69 bits per heavy atom. The predicted octanol–water partition coefficient (Wildman–Crippen LogP) is 2.12. The highest BCUT2D eigenvalue weighted by Crippen LogP contribution is 2.34. The fourth-order valence-corrected chi connectivity index (χ4v) is 2.04. The summed E-state index contributed by atoms with van der Waals surface area (Å²) >= 11 is 0. The first-order valence-corrected chi connectivity index (χ1v) is 6.20. The van der Waals surface area contributed by atoms with Crippen molar-refractivity contribution in [1.29, 1.82) is 0 Å². The van der Waals surface area contributed by atoms with Crippen LogP contribution in [0.4, 0.5) is 0 Å². The summed E-state index contributed by atoms with van der Waals surface area (Å²) in [5, 5.41) is 7.36. The minimum absolute atomic E-state index is 0.412. The van der Waals surface area contributed by atoms with E-state index in [1.165, 1.54) is 19.3 Å². The predicted molar refractivity (Wildman–Crippen MR) is 62.3 cm³/mol. The summed E-state index contributed by atoms with van der Waals surface area (Å²) < 4.78 is 5.30. The summed E-state index contributed by atoms with van der Waals surface area (Å²) in [4.78, 5) is 4.48. The van der Waals surface area contributed by atoms with Crippen molar-refractivity contribution in [2.24, 2.45) is 5.92 Å². The van der Waals surface area contributed by atoms with Gasteiger partial charge in [0.1, 0.15) is 0 Å². The van der Waals surface area contributed by atoms with Crippen LogP contribution in [0.3, 0.4) is 0 Å². The van der Waals surface area contributed by atoms with Gasteiger partial charge < -0.3 is 9.84 Å². The molecule has 0 radical (unpaired) electrons. The third-order valence-corrected chi connectivity index (χ3v) is 3.52. The zero-order chi connectivity index (χ0) is 11.5. The molecule has 16 heavy (non-hydrogen) atoms. The van der Waals surface area contributed by atoms with Crippen LogP contribution >= 0.6 is 0 Å². The monoisotopic (exact) mass is 223 g/mol. The quantitative estimate of drug-likeness (QED) is 0.830. The Kier molecular flexibility index (Phi) is 3.59. The highest BCUT2D eigenvalue weighted by atomic mass is 16.5. The minimum Gasteiger partial charge on any atom is -0.339 e. The first-order chi connectivity index (χ1) is 7.70. The standard InChI is InChI=1S/C12H21N3O/c1-8(2)10(13-3)7-11-14-12(15-16-11)9-5-4-6-9/h8-10,13H,4-7H2,1-3H3. The highest BCUT2D eigenvalue weighted by molar-refractivity contribution is 5.00. The smallest absolute Gasteiger partial charge is 0.228 e. The van der Waals surface area contributed by atoms with Crippen LogP contribution in [0, 0.1) is 5.92 Å². The molecule has 0 bridgehead atoms. The topological polar surface area (TPSA) is 51.0 Å². The molecule has 1 aliphatic rings. The van der Waals surface area contributed by atoms with E-state index in [0.29, 0.717) is 17.9 Å². The van der Waals surface area contributed by atoms with Crippen LogP contribution < -0.4 is 5.32 Å². The summed E-state index contributed by atoms with van der Waals surface area (Å²) in [5.41, 5.74) is 0. The molecular formula is C12H21N3O. The molecule has 1 aliphatic carbocycles. The van der Waals surface area contributed by atoms with Gasteiger partial charge in [0, 0.05) is 18.4 Å². The fraction of sp³-hybridized carbons (Fsp3) is 0.833. The Hall–Kier alpha value is -0.900. The van der Waals surface area contributed by atoms with E-state index in [-0.39, 0.29) is 0 Å². The maximum atomic E-state index is 5.30. The van der Waals surface area contributed by atoms with Gasteiger partial charge in [-0.25, -0.2) is 0 Å². The molecule has 1 N–H and O–H groups in total.